The Morgan fingerprint density at radius 1 is 1.00 bits per heavy atom. The second kappa shape index (κ2) is 3.87. The van der Waals surface area contributed by atoms with Crippen molar-refractivity contribution in [3.8, 4) is 5.69 Å². The van der Waals surface area contributed by atoms with Gasteiger partial charge < -0.3 is 9.09 Å². The molecule has 0 radical (unpaired) electrons. The van der Waals surface area contributed by atoms with Crippen LogP contribution in [0.1, 0.15) is 0 Å². The first-order chi connectivity index (χ1) is 9.31. The molecule has 0 N–H and O–H groups in total. The van der Waals surface area contributed by atoms with Crippen LogP contribution in [0.5, 0.6) is 0 Å². The molecule has 4 heteroatoms. The summed E-state index contributed by atoms with van der Waals surface area (Å²) in [6, 6.07) is 14.0. The summed E-state index contributed by atoms with van der Waals surface area (Å²) in [5, 5.41) is 6.84. The van der Waals surface area contributed by atoms with Crippen molar-refractivity contribution < 1.29 is 4.52 Å². The molecule has 2 aromatic carbocycles. The standard InChI is InChI=1S/C15H9ClN2O/c16-12-2-4-15-10(7-12)5-6-18(15)13-3-1-11-9-19-17-14(11)8-13/h1-9H. The van der Waals surface area contributed by atoms with Crippen LogP contribution >= 0.6 is 11.6 Å². The zero-order chi connectivity index (χ0) is 12.8. The number of fused-ring (bicyclic) bond motifs is 2. The Labute approximate surface area is 114 Å². The lowest BCUT2D eigenvalue weighted by Crippen LogP contribution is -1.91. The average molecular weight is 269 g/mol. The Morgan fingerprint density at radius 3 is 2.89 bits per heavy atom. The molecular formula is C15H9ClN2O. The van der Waals surface area contributed by atoms with E-state index in [1.54, 1.807) is 6.26 Å². The summed E-state index contributed by atoms with van der Waals surface area (Å²) in [5.74, 6) is 0. The van der Waals surface area contributed by atoms with Gasteiger partial charge in [0.05, 0.1) is 5.52 Å². The number of rotatable bonds is 1. The quantitative estimate of drug-likeness (QED) is 0.511. The number of hydrogen-bond acceptors (Lipinski definition) is 2. The van der Waals surface area contributed by atoms with Crippen LogP contribution < -0.4 is 0 Å². The van der Waals surface area contributed by atoms with Gasteiger partial charge in [0, 0.05) is 27.7 Å². The van der Waals surface area contributed by atoms with Crippen LogP contribution in [-0.4, -0.2) is 9.72 Å². The summed E-state index contributed by atoms with van der Waals surface area (Å²) in [4.78, 5) is 0. The predicted molar refractivity (Wildman–Crippen MR) is 75.9 cm³/mol. The molecule has 0 saturated carbocycles. The number of hydrogen-bond donors (Lipinski definition) is 0. The van der Waals surface area contributed by atoms with Gasteiger partial charge in [-0.1, -0.05) is 16.8 Å². The molecule has 4 aromatic rings. The van der Waals surface area contributed by atoms with Gasteiger partial charge in [0.1, 0.15) is 11.8 Å². The highest BCUT2D eigenvalue weighted by Gasteiger charge is 2.06. The zero-order valence-electron chi connectivity index (χ0n) is 9.88. The van der Waals surface area contributed by atoms with Crippen LogP contribution in [0.25, 0.3) is 27.5 Å². The van der Waals surface area contributed by atoms with Crippen molar-refractivity contribution in [2.45, 2.75) is 0 Å². The van der Waals surface area contributed by atoms with E-state index < -0.39 is 0 Å². The third kappa shape index (κ3) is 1.63. The van der Waals surface area contributed by atoms with Crippen molar-refractivity contribution in [1.29, 1.82) is 0 Å². The highest BCUT2D eigenvalue weighted by Crippen LogP contribution is 2.25. The summed E-state index contributed by atoms with van der Waals surface area (Å²) in [6.07, 6.45) is 3.68. The van der Waals surface area contributed by atoms with Gasteiger partial charge in [-0.05, 0) is 42.5 Å². The molecule has 2 aromatic heterocycles. The topological polar surface area (TPSA) is 31.0 Å². The summed E-state index contributed by atoms with van der Waals surface area (Å²) in [7, 11) is 0. The number of aromatic nitrogens is 2. The maximum absolute atomic E-state index is 6.01. The fraction of sp³-hybridized carbons (Fsp3) is 0. The van der Waals surface area contributed by atoms with Crippen LogP contribution in [0.15, 0.2) is 59.4 Å². The van der Waals surface area contributed by atoms with Crippen molar-refractivity contribution in [1.82, 2.24) is 9.72 Å². The molecule has 0 saturated heterocycles. The summed E-state index contributed by atoms with van der Waals surface area (Å²) >= 11 is 6.01. The highest BCUT2D eigenvalue weighted by atomic mass is 35.5. The molecule has 0 atom stereocenters. The second-order valence-electron chi connectivity index (χ2n) is 4.45. The molecule has 0 bridgehead atoms. The third-order valence-corrected chi connectivity index (χ3v) is 3.51. The van der Waals surface area contributed by atoms with E-state index in [4.69, 9.17) is 16.1 Å². The Balaban J connectivity index is 1.97. The number of halogens is 1. The van der Waals surface area contributed by atoms with E-state index in [-0.39, 0.29) is 0 Å². The van der Waals surface area contributed by atoms with Crippen molar-refractivity contribution >= 4 is 33.4 Å². The Morgan fingerprint density at radius 2 is 1.95 bits per heavy atom. The summed E-state index contributed by atoms with van der Waals surface area (Å²) in [6.45, 7) is 0. The molecule has 3 nitrogen and oxygen atoms in total. The molecule has 0 aliphatic heterocycles. The molecule has 19 heavy (non-hydrogen) atoms. The van der Waals surface area contributed by atoms with Gasteiger partial charge in [0.15, 0.2) is 0 Å². The smallest absolute Gasteiger partial charge is 0.131 e. The molecule has 0 fully saturated rings. The van der Waals surface area contributed by atoms with Gasteiger partial charge in [-0.2, -0.15) is 0 Å². The lowest BCUT2D eigenvalue weighted by molar-refractivity contribution is 0.428. The lowest BCUT2D eigenvalue weighted by atomic mass is 10.2. The van der Waals surface area contributed by atoms with Gasteiger partial charge in [-0.15, -0.1) is 0 Å². The molecule has 4 rings (SSSR count). The van der Waals surface area contributed by atoms with Crippen LogP contribution in [0, 0.1) is 0 Å². The van der Waals surface area contributed by atoms with E-state index in [1.807, 2.05) is 48.7 Å². The van der Waals surface area contributed by atoms with Gasteiger partial charge in [-0.3, -0.25) is 0 Å². The molecule has 92 valence electrons. The van der Waals surface area contributed by atoms with Crippen LogP contribution in [0.4, 0.5) is 0 Å². The SMILES string of the molecule is Clc1ccc2c(ccn2-c2ccc3conc3c2)c1. The van der Waals surface area contributed by atoms with Crippen molar-refractivity contribution in [2.24, 2.45) is 0 Å². The Kier molecular flexibility index (Phi) is 2.17. The predicted octanol–water partition coefficient (Wildman–Crippen LogP) is 4.43. The maximum atomic E-state index is 6.01. The first kappa shape index (κ1) is 10.6. The summed E-state index contributed by atoms with van der Waals surface area (Å²) < 4.78 is 7.07. The maximum Gasteiger partial charge on any atom is 0.131 e. The zero-order valence-corrected chi connectivity index (χ0v) is 10.6. The van der Waals surface area contributed by atoms with E-state index in [1.165, 1.54) is 0 Å². The van der Waals surface area contributed by atoms with Gasteiger partial charge in [0.25, 0.3) is 0 Å². The van der Waals surface area contributed by atoms with E-state index in [0.717, 1.165) is 32.5 Å². The fourth-order valence-corrected chi connectivity index (χ4v) is 2.52. The molecule has 0 amide bonds. The average Bonchev–Trinajstić information content (AvgIpc) is 3.02. The molecule has 0 unspecified atom stereocenters. The Hall–Kier alpha value is -2.26. The summed E-state index contributed by atoms with van der Waals surface area (Å²) in [5.41, 5.74) is 3.03. The van der Waals surface area contributed by atoms with Gasteiger partial charge in [-0.25, -0.2) is 0 Å². The molecule has 2 heterocycles. The van der Waals surface area contributed by atoms with E-state index in [2.05, 4.69) is 9.72 Å². The minimum Gasteiger partial charge on any atom is -0.364 e. The van der Waals surface area contributed by atoms with Gasteiger partial charge in [0.2, 0.25) is 0 Å². The van der Waals surface area contributed by atoms with Crippen LogP contribution in [0.3, 0.4) is 0 Å². The molecule has 0 aliphatic rings. The normalized spacial score (nSPS) is 11.4. The Bertz CT molecular complexity index is 891. The van der Waals surface area contributed by atoms with Gasteiger partial charge >= 0.3 is 0 Å². The highest BCUT2D eigenvalue weighted by molar-refractivity contribution is 6.31. The number of benzene rings is 2. The number of nitrogens with zero attached hydrogens (tertiary/aromatic N) is 2. The van der Waals surface area contributed by atoms with E-state index in [0.29, 0.717) is 0 Å². The second-order valence-corrected chi connectivity index (χ2v) is 4.88. The third-order valence-electron chi connectivity index (χ3n) is 3.28. The van der Waals surface area contributed by atoms with Crippen molar-refractivity contribution in [3.63, 3.8) is 0 Å². The van der Waals surface area contributed by atoms with Crippen molar-refractivity contribution in [2.75, 3.05) is 0 Å². The molecule has 0 spiro atoms. The lowest BCUT2D eigenvalue weighted by Gasteiger charge is -2.05. The first-order valence-electron chi connectivity index (χ1n) is 5.92. The first-order valence-corrected chi connectivity index (χ1v) is 6.30. The minimum atomic E-state index is 0.747. The van der Waals surface area contributed by atoms with Crippen LogP contribution in [-0.2, 0) is 0 Å². The van der Waals surface area contributed by atoms with Crippen LogP contribution in [0.2, 0.25) is 5.02 Å². The molecule has 0 aliphatic carbocycles. The monoisotopic (exact) mass is 268 g/mol. The molecular weight excluding hydrogens is 260 g/mol. The fourth-order valence-electron chi connectivity index (χ4n) is 2.34. The van der Waals surface area contributed by atoms with Crippen molar-refractivity contribution in [3.05, 3.63) is 59.9 Å². The largest absolute Gasteiger partial charge is 0.364 e. The minimum absolute atomic E-state index is 0.747. The van der Waals surface area contributed by atoms with E-state index >= 15 is 0 Å². The van der Waals surface area contributed by atoms with E-state index in [9.17, 15) is 0 Å².